The molecule has 100 valence electrons. The van der Waals surface area contributed by atoms with E-state index in [9.17, 15) is 9.90 Å². The molecule has 1 aliphatic rings. The summed E-state index contributed by atoms with van der Waals surface area (Å²) in [7, 11) is 0. The van der Waals surface area contributed by atoms with Crippen LogP contribution < -0.4 is 0 Å². The van der Waals surface area contributed by atoms with Crippen LogP contribution in [-0.4, -0.2) is 35.1 Å². The highest BCUT2D eigenvalue weighted by Gasteiger charge is 2.41. The summed E-state index contributed by atoms with van der Waals surface area (Å²) in [6.45, 7) is 8.27. The molecule has 0 spiro atoms. The first kappa shape index (κ1) is 14.5. The number of unbranched alkanes of at least 4 members (excludes halogenated alkanes) is 3. The Balaban J connectivity index is 2.53. The Morgan fingerprint density at radius 3 is 2.65 bits per heavy atom. The Morgan fingerprint density at radius 2 is 2.06 bits per heavy atom. The lowest BCUT2D eigenvalue weighted by atomic mass is 9.76. The van der Waals surface area contributed by atoms with E-state index in [1.807, 2.05) is 0 Å². The fourth-order valence-electron chi connectivity index (χ4n) is 2.97. The van der Waals surface area contributed by atoms with Gasteiger partial charge in [0.2, 0.25) is 0 Å². The lowest BCUT2D eigenvalue weighted by molar-refractivity contribution is -0.150. The topological polar surface area (TPSA) is 40.5 Å². The molecule has 3 heteroatoms. The fraction of sp³-hybridized carbons (Fsp3) is 0.929. The van der Waals surface area contributed by atoms with Gasteiger partial charge in [-0.25, -0.2) is 0 Å². The number of hydrogen-bond donors (Lipinski definition) is 1. The minimum Gasteiger partial charge on any atom is -0.480 e. The van der Waals surface area contributed by atoms with Gasteiger partial charge < -0.3 is 5.11 Å². The molecular weight excluding hydrogens is 214 g/mol. The van der Waals surface area contributed by atoms with Crippen molar-refractivity contribution in [1.29, 1.82) is 0 Å². The second kappa shape index (κ2) is 6.39. The van der Waals surface area contributed by atoms with Gasteiger partial charge in [-0.15, -0.1) is 0 Å². The van der Waals surface area contributed by atoms with Crippen LogP contribution in [-0.2, 0) is 4.79 Å². The van der Waals surface area contributed by atoms with Crippen molar-refractivity contribution in [2.24, 2.45) is 5.41 Å². The molecule has 0 aromatic carbocycles. The molecular formula is C14H27NO2. The van der Waals surface area contributed by atoms with E-state index in [4.69, 9.17) is 0 Å². The van der Waals surface area contributed by atoms with Crippen LogP contribution in [0.1, 0.15) is 59.3 Å². The number of nitrogens with zero attached hydrogens (tertiary/aromatic N) is 1. The predicted molar refractivity (Wildman–Crippen MR) is 70.2 cm³/mol. The number of carboxylic acid groups (broad SMARTS) is 1. The zero-order chi connectivity index (χ0) is 12.9. The third-order valence-electron chi connectivity index (χ3n) is 3.90. The zero-order valence-corrected chi connectivity index (χ0v) is 11.5. The monoisotopic (exact) mass is 241 g/mol. The molecule has 3 nitrogen and oxygen atoms in total. The second-order valence-corrected chi connectivity index (χ2v) is 5.93. The van der Waals surface area contributed by atoms with E-state index in [1.54, 1.807) is 0 Å². The lowest BCUT2D eigenvalue weighted by Gasteiger charge is -2.44. The van der Waals surface area contributed by atoms with Gasteiger partial charge in [0.25, 0.3) is 0 Å². The van der Waals surface area contributed by atoms with E-state index >= 15 is 0 Å². The lowest BCUT2D eigenvalue weighted by Crippen LogP contribution is -2.54. The molecule has 1 atom stereocenters. The SMILES string of the molecule is CCCCCCN1CCCC(C)(C)C1C(=O)O. The maximum absolute atomic E-state index is 11.4. The Kier molecular flexibility index (Phi) is 5.44. The number of carboxylic acids is 1. The molecule has 1 unspecified atom stereocenters. The molecule has 1 fully saturated rings. The van der Waals surface area contributed by atoms with Gasteiger partial charge in [-0.2, -0.15) is 0 Å². The number of carbonyl (C=O) groups is 1. The maximum Gasteiger partial charge on any atom is 0.321 e. The zero-order valence-electron chi connectivity index (χ0n) is 11.5. The molecule has 0 aromatic rings. The molecule has 0 amide bonds. The van der Waals surface area contributed by atoms with Crippen molar-refractivity contribution < 1.29 is 9.90 Å². The van der Waals surface area contributed by atoms with Crippen molar-refractivity contribution in [2.45, 2.75) is 65.3 Å². The largest absolute Gasteiger partial charge is 0.480 e. The third kappa shape index (κ3) is 3.98. The van der Waals surface area contributed by atoms with Crippen molar-refractivity contribution in [1.82, 2.24) is 4.90 Å². The fourth-order valence-corrected chi connectivity index (χ4v) is 2.97. The summed E-state index contributed by atoms with van der Waals surface area (Å²) in [6, 6.07) is -0.294. The molecule has 1 saturated heterocycles. The molecule has 0 saturated carbocycles. The number of likely N-dealkylation sites (tertiary alicyclic amines) is 1. The van der Waals surface area contributed by atoms with E-state index in [-0.39, 0.29) is 11.5 Å². The van der Waals surface area contributed by atoms with Gasteiger partial charge >= 0.3 is 5.97 Å². The van der Waals surface area contributed by atoms with Gasteiger partial charge in [-0.05, 0) is 37.8 Å². The first-order valence-corrected chi connectivity index (χ1v) is 6.96. The average Bonchev–Trinajstić information content (AvgIpc) is 2.22. The average molecular weight is 241 g/mol. The van der Waals surface area contributed by atoms with Crippen LogP contribution in [0.25, 0.3) is 0 Å². The molecule has 0 bridgehead atoms. The minimum atomic E-state index is -0.648. The summed E-state index contributed by atoms with van der Waals surface area (Å²) in [5.74, 6) is -0.648. The third-order valence-corrected chi connectivity index (χ3v) is 3.90. The predicted octanol–water partition coefficient (Wildman–Crippen LogP) is 3.14. The summed E-state index contributed by atoms with van der Waals surface area (Å²) >= 11 is 0. The number of rotatable bonds is 6. The van der Waals surface area contributed by atoms with E-state index < -0.39 is 5.97 Å². The van der Waals surface area contributed by atoms with Crippen LogP contribution in [0.15, 0.2) is 0 Å². The van der Waals surface area contributed by atoms with Crippen molar-refractivity contribution in [3.05, 3.63) is 0 Å². The quantitative estimate of drug-likeness (QED) is 0.726. The summed E-state index contributed by atoms with van der Waals surface area (Å²) < 4.78 is 0. The van der Waals surface area contributed by atoms with E-state index in [2.05, 4.69) is 25.7 Å². The number of hydrogen-bond acceptors (Lipinski definition) is 2. The van der Waals surface area contributed by atoms with Crippen LogP contribution in [0.2, 0.25) is 0 Å². The Bertz CT molecular complexity index is 251. The van der Waals surface area contributed by atoms with E-state index in [1.165, 1.54) is 19.3 Å². The summed E-state index contributed by atoms with van der Waals surface area (Å²) in [6.07, 6.45) is 7.00. The van der Waals surface area contributed by atoms with Crippen LogP contribution in [0.3, 0.4) is 0 Å². The van der Waals surface area contributed by atoms with Gasteiger partial charge in [0, 0.05) is 0 Å². The normalized spacial score (nSPS) is 24.8. The van der Waals surface area contributed by atoms with Crippen molar-refractivity contribution in [2.75, 3.05) is 13.1 Å². The van der Waals surface area contributed by atoms with Crippen LogP contribution in [0.4, 0.5) is 0 Å². The van der Waals surface area contributed by atoms with Gasteiger partial charge in [-0.3, -0.25) is 9.69 Å². The van der Waals surface area contributed by atoms with Crippen LogP contribution >= 0.6 is 0 Å². The molecule has 0 aliphatic carbocycles. The highest BCUT2D eigenvalue weighted by atomic mass is 16.4. The van der Waals surface area contributed by atoms with Crippen molar-refractivity contribution in [3.63, 3.8) is 0 Å². The highest BCUT2D eigenvalue weighted by molar-refractivity contribution is 5.74. The van der Waals surface area contributed by atoms with Gasteiger partial charge in [0.15, 0.2) is 0 Å². The number of piperidine rings is 1. The van der Waals surface area contributed by atoms with Crippen molar-refractivity contribution >= 4 is 5.97 Å². The first-order chi connectivity index (χ1) is 7.99. The number of aliphatic carboxylic acids is 1. The van der Waals surface area contributed by atoms with E-state index in [0.717, 1.165) is 32.4 Å². The maximum atomic E-state index is 11.4. The smallest absolute Gasteiger partial charge is 0.321 e. The molecule has 1 heterocycles. The summed E-state index contributed by atoms with van der Waals surface area (Å²) in [5.41, 5.74) is -0.0885. The van der Waals surface area contributed by atoms with Crippen molar-refractivity contribution in [3.8, 4) is 0 Å². The summed E-state index contributed by atoms with van der Waals surface area (Å²) in [4.78, 5) is 13.6. The molecule has 0 radical (unpaired) electrons. The Labute approximate surface area is 105 Å². The standard InChI is InChI=1S/C14H27NO2/c1-4-5-6-7-10-15-11-8-9-14(2,3)12(15)13(16)17/h12H,4-11H2,1-3H3,(H,16,17). The highest BCUT2D eigenvalue weighted by Crippen LogP contribution is 2.35. The van der Waals surface area contributed by atoms with E-state index in [0.29, 0.717) is 0 Å². The molecule has 17 heavy (non-hydrogen) atoms. The van der Waals surface area contributed by atoms with Gasteiger partial charge in [0.05, 0.1) is 0 Å². The van der Waals surface area contributed by atoms with Crippen LogP contribution in [0, 0.1) is 5.41 Å². The second-order valence-electron chi connectivity index (χ2n) is 5.93. The Morgan fingerprint density at radius 1 is 1.35 bits per heavy atom. The Hall–Kier alpha value is -0.570. The van der Waals surface area contributed by atoms with Crippen LogP contribution in [0.5, 0.6) is 0 Å². The molecule has 1 aliphatic heterocycles. The van der Waals surface area contributed by atoms with Gasteiger partial charge in [0.1, 0.15) is 6.04 Å². The summed E-state index contributed by atoms with van der Waals surface area (Å²) in [5, 5.41) is 9.41. The minimum absolute atomic E-state index is 0.0885. The molecule has 1 N–H and O–H groups in total. The molecule has 0 aromatic heterocycles. The molecule has 1 rings (SSSR count). The first-order valence-electron chi connectivity index (χ1n) is 6.96. The van der Waals surface area contributed by atoms with Gasteiger partial charge in [-0.1, -0.05) is 40.0 Å².